The summed E-state index contributed by atoms with van der Waals surface area (Å²) in [5, 5.41) is 3.16. The van der Waals surface area contributed by atoms with Gasteiger partial charge in [-0.15, -0.1) is 0 Å². The van der Waals surface area contributed by atoms with Crippen molar-refractivity contribution in [2.45, 2.75) is 43.9 Å². The highest BCUT2D eigenvalue weighted by Crippen LogP contribution is 2.38. The largest absolute Gasteiger partial charge is 0.352 e. The smallest absolute Gasteiger partial charge is 0.251 e. The molecule has 3 nitrogen and oxygen atoms in total. The highest BCUT2D eigenvalue weighted by molar-refractivity contribution is 5.96. The maximum atomic E-state index is 12.5. The van der Waals surface area contributed by atoms with Crippen molar-refractivity contribution in [3.05, 3.63) is 34.9 Å². The second-order valence-electron chi connectivity index (χ2n) is 7.48. The van der Waals surface area contributed by atoms with Crippen molar-refractivity contribution in [2.75, 3.05) is 26.7 Å². The molecule has 0 unspecified atom stereocenters. The van der Waals surface area contributed by atoms with E-state index < -0.39 is 0 Å². The predicted octanol–water partition coefficient (Wildman–Crippen LogP) is 3.12. The number of fused-ring (bicyclic) bond motifs is 3. The van der Waals surface area contributed by atoms with E-state index in [2.05, 4.69) is 35.5 Å². The third kappa shape index (κ3) is 2.45. The fourth-order valence-electron chi connectivity index (χ4n) is 4.75. The Morgan fingerprint density at radius 3 is 2.77 bits per heavy atom. The van der Waals surface area contributed by atoms with Crippen molar-refractivity contribution in [3.63, 3.8) is 0 Å². The molecule has 22 heavy (non-hydrogen) atoms. The van der Waals surface area contributed by atoms with Crippen molar-refractivity contribution >= 4 is 5.91 Å². The zero-order chi connectivity index (χ0) is 15.1. The number of likely N-dealkylation sites (N-methyl/N-ethyl adjacent to an activating group) is 1. The summed E-state index contributed by atoms with van der Waals surface area (Å²) >= 11 is 0. The van der Waals surface area contributed by atoms with Crippen molar-refractivity contribution in [3.8, 4) is 0 Å². The maximum absolute atomic E-state index is 12.5. The average Bonchev–Trinajstić information content (AvgIpc) is 2.88. The molecule has 1 saturated heterocycles. The van der Waals surface area contributed by atoms with Gasteiger partial charge in [-0.25, -0.2) is 0 Å². The summed E-state index contributed by atoms with van der Waals surface area (Å²) in [6.07, 6.45) is 6.62. The minimum absolute atomic E-state index is 0.143. The molecule has 1 aromatic rings. The fraction of sp³-hybridized carbons (Fsp3) is 0.632. The molecule has 1 N–H and O–H groups in total. The lowest BCUT2D eigenvalue weighted by molar-refractivity contribution is 0.0951. The standard InChI is InChI=1S/C19H26N2O/c1-21-11-15-10-20-19(22)17-9-14(13-5-3-2-4-6-13)7-8-16(17)18(15)12-21/h7-9,13,15,18H,2-6,10-12H2,1H3,(H,20,22)/t15-,18-/m1/s1. The summed E-state index contributed by atoms with van der Waals surface area (Å²) in [5.74, 6) is 1.89. The summed E-state index contributed by atoms with van der Waals surface area (Å²) in [7, 11) is 2.19. The van der Waals surface area contributed by atoms with Crippen molar-refractivity contribution in [1.82, 2.24) is 10.2 Å². The van der Waals surface area contributed by atoms with Gasteiger partial charge in [-0.3, -0.25) is 4.79 Å². The van der Waals surface area contributed by atoms with Crippen LogP contribution in [0.4, 0.5) is 0 Å². The van der Waals surface area contributed by atoms with Crippen LogP contribution in [-0.4, -0.2) is 37.5 Å². The number of benzene rings is 1. The third-order valence-corrected chi connectivity index (χ3v) is 5.95. The lowest BCUT2D eigenvalue weighted by atomic mass is 9.81. The van der Waals surface area contributed by atoms with Gasteiger partial charge >= 0.3 is 0 Å². The molecule has 0 radical (unpaired) electrons. The normalized spacial score (nSPS) is 29.6. The van der Waals surface area contributed by atoms with Gasteiger partial charge in [-0.05, 0) is 48.9 Å². The zero-order valence-electron chi connectivity index (χ0n) is 13.5. The van der Waals surface area contributed by atoms with E-state index in [1.807, 2.05) is 0 Å². The van der Waals surface area contributed by atoms with E-state index in [-0.39, 0.29) is 5.91 Å². The number of amides is 1. The molecule has 4 rings (SSSR count). The molecule has 118 valence electrons. The summed E-state index contributed by atoms with van der Waals surface area (Å²) in [5.41, 5.74) is 3.62. The first-order valence-corrected chi connectivity index (χ1v) is 8.83. The topological polar surface area (TPSA) is 32.3 Å². The average molecular weight is 298 g/mol. The van der Waals surface area contributed by atoms with Gasteiger partial charge in [-0.2, -0.15) is 0 Å². The molecule has 1 aromatic carbocycles. The Bertz CT molecular complexity index is 577. The number of carbonyl (C=O) groups is 1. The summed E-state index contributed by atoms with van der Waals surface area (Å²) in [6.45, 7) is 2.99. The molecular formula is C19H26N2O. The summed E-state index contributed by atoms with van der Waals surface area (Å²) < 4.78 is 0. The SMILES string of the molecule is CN1C[C@H]2CNC(=O)c3cc(C4CCCCC4)ccc3[C@@H]2C1. The maximum Gasteiger partial charge on any atom is 0.251 e. The molecule has 1 amide bonds. The van der Waals surface area contributed by atoms with Crippen LogP contribution in [0.15, 0.2) is 18.2 Å². The highest BCUT2D eigenvalue weighted by atomic mass is 16.1. The monoisotopic (exact) mass is 298 g/mol. The Kier molecular flexibility index (Phi) is 3.69. The molecule has 2 aliphatic heterocycles. The fourth-order valence-corrected chi connectivity index (χ4v) is 4.75. The van der Waals surface area contributed by atoms with Gasteiger partial charge in [0.2, 0.25) is 0 Å². The molecule has 2 fully saturated rings. The van der Waals surface area contributed by atoms with Crippen LogP contribution in [0.1, 0.15) is 65.4 Å². The Hall–Kier alpha value is -1.35. The van der Waals surface area contributed by atoms with Crippen LogP contribution in [0.3, 0.4) is 0 Å². The van der Waals surface area contributed by atoms with Crippen LogP contribution in [0, 0.1) is 5.92 Å². The van der Waals surface area contributed by atoms with E-state index in [9.17, 15) is 4.79 Å². The van der Waals surface area contributed by atoms with Crippen LogP contribution >= 0.6 is 0 Å². The van der Waals surface area contributed by atoms with E-state index in [0.717, 1.165) is 25.2 Å². The van der Waals surface area contributed by atoms with Crippen LogP contribution in [-0.2, 0) is 0 Å². The van der Waals surface area contributed by atoms with Crippen molar-refractivity contribution in [1.29, 1.82) is 0 Å². The number of likely N-dealkylation sites (tertiary alicyclic amines) is 1. The van der Waals surface area contributed by atoms with Crippen LogP contribution < -0.4 is 5.32 Å². The Balaban J connectivity index is 1.70. The lowest BCUT2D eigenvalue weighted by Crippen LogP contribution is -2.29. The number of carbonyl (C=O) groups excluding carboxylic acids is 1. The van der Waals surface area contributed by atoms with Gasteiger partial charge in [0.25, 0.3) is 5.91 Å². The molecule has 1 saturated carbocycles. The second-order valence-corrected chi connectivity index (χ2v) is 7.48. The zero-order valence-corrected chi connectivity index (χ0v) is 13.5. The molecule has 0 aromatic heterocycles. The number of nitrogens with zero attached hydrogens (tertiary/aromatic N) is 1. The molecule has 2 heterocycles. The molecule has 1 aliphatic carbocycles. The lowest BCUT2D eigenvalue weighted by Gasteiger charge is -2.23. The second kappa shape index (κ2) is 5.69. The number of rotatable bonds is 1. The number of hydrogen-bond acceptors (Lipinski definition) is 2. The van der Waals surface area contributed by atoms with E-state index >= 15 is 0 Å². The Morgan fingerprint density at radius 2 is 1.95 bits per heavy atom. The Labute approximate surface area is 133 Å². The van der Waals surface area contributed by atoms with E-state index in [1.165, 1.54) is 43.2 Å². The molecule has 0 spiro atoms. The third-order valence-electron chi connectivity index (χ3n) is 5.95. The van der Waals surface area contributed by atoms with E-state index in [4.69, 9.17) is 0 Å². The Morgan fingerprint density at radius 1 is 1.14 bits per heavy atom. The van der Waals surface area contributed by atoms with E-state index in [0.29, 0.717) is 17.8 Å². The van der Waals surface area contributed by atoms with Crippen LogP contribution in [0.5, 0.6) is 0 Å². The minimum atomic E-state index is 0.143. The predicted molar refractivity (Wildman–Crippen MR) is 88.3 cm³/mol. The first kappa shape index (κ1) is 14.3. The van der Waals surface area contributed by atoms with Crippen molar-refractivity contribution < 1.29 is 4.79 Å². The van der Waals surface area contributed by atoms with Crippen molar-refractivity contribution in [2.24, 2.45) is 5.92 Å². The summed E-state index contributed by atoms with van der Waals surface area (Å²) in [4.78, 5) is 14.9. The van der Waals surface area contributed by atoms with Gasteiger partial charge in [0, 0.05) is 31.1 Å². The number of nitrogens with one attached hydrogen (secondary N) is 1. The van der Waals surface area contributed by atoms with Gasteiger partial charge in [0.05, 0.1) is 0 Å². The van der Waals surface area contributed by atoms with E-state index in [1.54, 1.807) is 0 Å². The molecule has 3 aliphatic rings. The van der Waals surface area contributed by atoms with Crippen LogP contribution in [0.2, 0.25) is 0 Å². The van der Waals surface area contributed by atoms with Gasteiger partial charge in [-0.1, -0.05) is 31.4 Å². The number of hydrogen-bond donors (Lipinski definition) is 1. The summed E-state index contributed by atoms with van der Waals surface area (Å²) in [6, 6.07) is 6.78. The molecule has 3 heteroatoms. The first-order valence-electron chi connectivity index (χ1n) is 8.83. The molecule has 2 atom stereocenters. The molecular weight excluding hydrogens is 272 g/mol. The highest BCUT2D eigenvalue weighted by Gasteiger charge is 2.37. The first-order chi connectivity index (χ1) is 10.7. The minimum Gasteiger partial charge on any atom is -0.352 e. The molecule has 0 bridgehead atoms. The van der Waals surface area contributed by atoms with Crippen LogP contribution in [0.25, 0.3) is 0 Å². The quantitative estimate of drug-likeness (QED) is 0.864. The van der Waals surface area contributed by atoms with Gasteiger partial charge in [0.15, 0.2) is 0 Å². The van der Waals surface area contributed by atoms with Gasteiger partial charge < -0.3 is 10.2 Å². The van der Waals surface area contributed by atoms with Gasteiger partial charge in [0.1, 0.15) is 0 Å².